The van der Waals surface area contributed by atoms with E-state index in [-0.39, 0.29) is 11.9 Å². The van der Waals surface area contributed by atoms with Crippen LogP contribution in [0.4, 0.5) is 0 Å². The molecule has 0 aromatic rings. The first-order valence-electron chi connectivity index (χ1n) is 4.22. The van der Waals surface area contributed by atoms with Crippen molar-refractivity contribution in [1.29, 1.82) is 0 Å². The molecule has 1 aliphatic carbocycles. The minimum absolute atomic E-state index is 0.0202. The third kappa shape index (κ3) is 2.52. The molecular formula is C9H13ClO2. The molecule has 1 unspecified atom stereocenters. The molecule has 68 valence electrons. The summed E-state index contributed by atoms with van der Waals surface area (Å²) in [6, 6.07) is 0. The van der Waals surface area contributed by atoms with Crippen molar-refractivity contribution in [2.45, 2.75) is 19.8 Å². The first-order chi connectivity index (χ1) is 5.79. The molecule has 0 radical (unpaired) electrons. The Labute approximate surface area is 77.5 Å². The number of hydrogen-bond acceptors (Lipinski definition) is 2. The summed E-state index contributed by atoms with van der Waals surface area (Å²) in [6.45, 7) is 2.28. The minimum atomic E-state index is -0.109. The standard InChI is InChI=1S/C9H13ClO2/c1-2-12-9(11)8-6-7(8)4-3-5-10/h6,8H,2-5H2,1H3. The monoisotopic (exact) mass is 188 g/mol. The minimum Gasteiger partial charge on any atom is -0.465 e. The van der Waals surface area contributed by atoms with Crippen LogP contribution >= 0.6 is 11.6 Å². The van der Waals surface area contributed by atoms with Crippen LogP contribution in [0, 0.1) is 5.92 Å². The van der Waals surface area contributed by atoms with Crippen molar-refractivity contribution < 1.29 is 9.53 Å². The Morgan fingerprint density at radius 2 is 2.50 bits per heavy atom. The molecule has 0 heterocycles. The molecule has 0 aliphatic heterocycles. The van der Waals surface area contributed by atoms with Gasteiger partial charge in [0, 0.05) is 5.88 Å². The third-order valence-electron chi connectivity index (χ3n) is 1.81. The number of hydrogen-bond donors (Lipinski definition) is 0. The van der Waals surface area contributed by atoms with Crippen LogP contribution in [0.15, 0.2) is 11.6 Å². The summed E-state index contributed by atoms with van der Waals surface area (Å²) in [4.78, 5) is 11.1. The quantitative estimate of drug-likeness (QED) is 0.375. The second kappa shape index (κ2) is 4.51. The van der Waals surface area contributed by atoms with Gasteiger partial charge in [-0.3, -0.25) is 4.79 Å². The predicted octanol–water partition coefficient (Wildman–Crippen LogP) is 2.12. The Hall–Kier alpha value is -0.500. The van der Waals surface area contributed by atoms with Crippen molar-refractivity contribution in [3.05, 3.63) is 11.6 Å². The average Bonchev–Trinajstić information content (AvgIpc) is 2.80. The van der Waals surface area contributed by atoms with Gasteiger partial charge in [-0.15, -0.1) is 11.6 Å². The maximum Gasteiger partial charge on any atom is 0.316 e. The van der Waals surface area contributed by atoms with Gasteiger partial charge in [0.1, 0.15) is 0 Å². The van der Waals surface area contributed by atoms with E-state index >= 15 is 0 Å². The summed E-state index contributed by atoms with van der Waals surface area (Å²) in [7, 11) is 0. The molecule has 3 heteroatoms. The number of carbonyl (C=O) groups excluding carboxylic acids is 1. The lowest BCUT2D eigenvalue weighted by Gasteiger charge is -2.00. The van der Waals surface area contributed by atoms with Gasteiger partial charge < -0.3 is 4.74 Å². The molecule has 1 atom stereocenters. The second-order valence-electron chi connectivity index (χ2n) is 2.76. The molecule has 1 rings (SSSR count). The first kappa shape index (κ1) is 9.59. The molecule has 0 saturated carbocycles. The van der Waals surface area contributed by atoms with Crippen LogP contribution in [0.3, 0.4) is 0 Å². The number of halogens is 1. The van der Waals surface area contributed by atoms with Gasteiger partial charge in [-0.2, -0.15) is 0 Å². The maximum absolute atomic E-state index is 11.1. The van der Waals surface area contributed by atoms with E-state index < -0.39 is 0 Å². The fourth-order valence-corrected chi connectivity index (χ4v) is 1.26. The van der Waals surface area contributed by atoms with E-state index in [0.29, 0.717) is 12.5 Å². The number of esters is 1. The van der Waals surface area contributed by atoms with Crippen LogP contribution in [0.1, 0.15) is 19.8 Å². The highest BCUT2D eigenvalue weighted by atomic mass is 35.5. The number of ether oxygens (including phenoxy) is 1. The van der Waals surface area contributed by atoms with Crippen LogP contribution < -0.4 is 0 Å². The van der Waals surface area contributed by atoms with E-state index in [2.05, 4.69) is 0 Å². The molecule has 0 amide bonds. The highest BCUT2D eigenvalue weighted by Gasteiger charge is 2.32. The van der Waals surface area contributed by atoms with Crippen molar-refractivity contribution in [3.63, 3.8) is 0 Å². The summed E-state index contributed by atoms with van der Waals surface area (Å²) in [6.07, 6.45) is 3.83. The largest absolute Gasteiger partial charge is 0.465 e. The normalized spacial score (nSPS) is 20.2. The fraction of sp³-hybridized carbons (Fsp3) is 0.667. The van der Waals surface area contributed by atoms with Crippen molar-refractivity contribution in [3.8, 4) is 0 Å². The van der Waals surface area contributed by atoms with E-state index in [1.807, 2.05) is 13.0 Å². The van der Waals surface area contributed by atoms with E-state index in [1.165, 1.54) is 5.57 Å². The molecule has 0 aromatic heterocycles. The molecule has 2 nitrogen and oxygen atoms in total. The van der Waals surface area contributed by atoms with E-state index in [9.17, 15) is 4.79 Å². The van der Waals surface area contributed by atoms with Gasteiger partial charge in [0.2, 0.25) is 0 Å². The van der Waals surface area contributed by atoms with Crippen LogP contribution in [-0.2, 0) is 9.53 Å². The zero-order chi connectivity index (χ0) is 8.97. The summed E-state index contributed by atoms with van der Waals surface area (Å²) in [5.41, 5.74) is 1.19. The summed E-state index contributed by atoms with van der Waals surface area (Å²) in [5, 5.41) is 0. The van der Waals surface area contributed by atoms with Gasteiger partial charge in [-0.05, 0) is 19.8 Å². The molecule has 0 spiro atoms. The van der Waals surface area contributed by atoms with Crippen LogP contribution in [0.5, 0.6) is 0 Å². The van der Waals surface area contributed by atoms with Gasteiger partial charge in [-0.1, -0.05) is 11.6 Å². The van der Waals surface area contributed by atoms with Gasteiger partial charge in [0.15, 0.2) is 0 Å². The summed E-state index contributed by atoms with van der Waals surface area (Å²) in [5.74, 6) is 0.530. The summed E-state index contributed by atoms with van der Waals surface area (Å²) < 4.78 is 4.85. The Morgan fingerprint density at radius 3 is 3.08 bits per heavy atom. The molecule has 0 bridgehead atoms. The summed E-state index contributed by atoms with van der Waals surface area (Å²) >= 11 is 5.52. The number of carbonyl (C=O) groups is 1. The van der Waals surface area contributed by atoms with E-state index in [1.54, 1.807) is 0 Å². The molecule has 0 fully saturated rings. The molecule has 12 heavy (non-hydrogen) atoms. The Balaban J connectivity index is 2.13. The van der Waals surface area contributed by atoms with E-state index in [4.69, 9.17) is 16.3 Å². The fourth-order valence-electron chi connectivity index (χ4n) is 1.13. The zero-order valence-corrected chi connectivity index (χ0v) is 7.93. The maximum atomic E-state index is 11.1. The molecular weight excluding hydrogens is 176 g/mol. The first-order valence-corrected chi connectivity index (χ1v) is 4.76. The average molecular weight is 189 g/mol. The second-order valence-corrected chi connectivity index (χ2v) is 3.14. The smallest absolute Gasteiger partial charge is 0.316 e. The highest BCUT2D eigenvalue weighted by Crippen LogP contribution is 2.33. The van der Waals surface area contributed by atoms with Crippen LogP contribution in [0.2, 0.25) is 0 Å². The Morgan fingerprint density at radius 1 is 1.75 bits per heavy atom. The lowest BCUT2D eigenvalue weighted by Crippen LogP contribution is -2.08. The van der Waals surface area contributed by atoms with Crippen molar-refractivity contribution >= 4 is 17.6 Å². The SMILES string of the molecule is CCOC(=O)C1C=C1CCCCl. The third-order valence-corrected chi connectivity index (χ3v) is 2.08. The number of alkyl halides is 1. The Bertz CT molecular complexity index is 199. The molecule has 1 aliphatic rings. The molecule has 0 N–H and O–H groups in total. The van der Waals surface area contributed by atoms with Gasteiger partial charge in [-0.25, -0.2) is 0 Å². The zero-order valence-electron chi connectivity index (χ0n) is 7.18. The number of rotatable bonds is 5. The topological polar surface area (TPSA) is 26.3 Å². The van der Waals surface area contributed by atoms with Gasteiger partial charge in [0.25, 0.3) is 0 Å². The highest BCUT2D eigenvalue weighted by molar-refractivity contribution is 6.17. The lowest BCUT2D eigenvalue weighted by molar-refractivity contribution is -0.144. The molecule has 0 saturated heterocycles. The van der Waals surface area contributed by atoms with E-state index in [0.717, 1.165) is 12.8 Å². The predicted molar refractivity (Wildman–Crippen MR) is 48.2 cm³/mol. The van der Waals surface area contributed by atoms with Crippen LogP contribution in [0.25, 0.3) is 0 Å². The lowest BCUT2D eigenvalue weighted by atomic mass is 10.2. The Kier molecular flexibility index (Phi) is 3.60. The molecule has 0 aromatic carbocycles. The van der Waals surface area contributed by atoms with Gasteiger partial charge in [0.05, 0.1) is 12.5 Å². The van der Waals surface area contributed by atoms with Crippen molar-refractivity contribution in [2.24, 2.45) is 5.92 Å². The van der Waals surface area contributed by atoms with Gasteiger partial charge >= 0.3 is 5.97 Å². The van der Waals surface area contributed by atoms with Crippen molar-refractivity contribution in [1.82, 2.24) is 0 Å². The van der Waals surface area contributed by atoms with Crippen molar-refractivity contribution in [2.75, 3.05) is 12.5 Å². The van der Waals surface area contributed by atoms with Crippen LogP contribution in [-0.4, -0.2) is 18.5 Å².